The quantitative estimate of drug-likeness (QED) is 0.857. The number of rotatable bonds is 6. The average Bonchev–Trinajstić information content (AvgIpc) is 2.48. The highest BCUT2D eigenvalue weighted by atomic mass is 16.5. The average molecular weight is 259 g/mol. The number of ether oxygens (including phenoxy) is 2. The van der Waals surface area contributed by atoms with Crippen molar-refractivity contribution < 1.29 is 9.47 Å². The van der Waals surface area contributed by atoms with Crippen molar-refractivity contribution in [1.29, 1.82) is 0 Å². The predicted octanol–water partition coefficient (Wildman–Crippen LogP) is 1.78. The van der Waals surface area contributed by atoms with Crippen LogP contribution in [0.4, 0.5) is 0 Å². The van der Waals surface area contributed by atoms with E-state index in [0.717, 1.165) is 17.8 Å². The lowest BCUT2D eigenvalue weighted by Crippen LogP contribution is -2.14. The van der Waals surface area contributed by atoms with E-state index in [0.29, 0.717) is 18.0 Å². The van der Waals surface area contributed by atoms with Gasteiger partial charge in [0.15, 0.2) is 11.5 Å². The second-order valence-electron chi connectivity index (χ2n) is 3.96. The van der Waals surface area contributed by atoms with Gasteiger partial charge in [-0.05, 0) is 11.6 Å². The summed E-state index contributed by atoms with van der Waals surface area (Å²) in [6.45, 7) is 1.34. The van der Waals surface area contributed by atoms with Crippen LogP contribution < -0.4 is 14.8 Å². The molecule has 0 aliphatic rings. The van der Waals surface area contributed by atoms with E-state index in [2.05, 4.69) is 15.3 Å². The number of pyridine rings is 2. The number of methoxy groups -OCH3 is 2. The molecule has 5 heteroatoms. The van der Waals surface area contributed by atoms with Gasteiger partial charge in [-0.3, -0.25) is 9.97 Å². The lowest BCUT2D eigenvalue weighted by Gasteiger charge is -2.12. The van der Waals surface area contributed by atoms with E-state index in [-0.39, 0.29) is 0 Å². The zero-order chi connectivity index (χ0) is 13.5. The number of hydrogen-bond donors (Lipinski definition) is 1. The van der Waals surface area contributed by atoms with Crippen molar-refractivity contribution in [1.82, 2.24) is 15.3 Å². The molecule has 2 aromatic rings. The first-order valence-electron chi connectivity index (χ1n) is 6.00. The third-order valence-corrected chi connectivity index (χ3v) is 2.71. The minimum absolute atomic E-state index is 0.606. The van der Waals surface area contributed by atoms with E-state index in [9.17, 15) is 0 Å². The second-order valence-corrected chi connectivity index (χ2v) is 3.96. The fourth-order valence-corrected chi connectivity index (χ4v) is 1.80. The molecule has 0 bridgehead atoms. The van der Waals surface area contributed by atoms with Crippen molar-refractivity contribution in [3.05, 3.63) is 48.0 Å². The minimum Gasteiger partial charge on any atom is -0.493 e. The molecule has 0 saturated heterocycles. The van der Waals surface area contributed by atoms with Crippen LogP contribution in [0.3, 0.4) is 0 Å². The standard InChI is InChI=1S/C14H17N3O2/c1-18-13-5-7-17-12(14(13)19-2)10-16-9-11-4-3-6-15-8-11/h3-8,16H,9-10H2,1-2H3. The van der Waals surface area contributed by atoms with Gasteiger partial charge in [0.05, 0.1) is 19.9 Å². The Morgan fingerprint density at radius 2 is 2.00 bits per heavy atom. The summed E-state index contributed by atoms with van der Waals surface area (Å²) >= 11 is 0. The molecule has 0 aliphatic carbocycles. The summed E-state index contributed by atoms with van der Waals surface area (Å²) in [4.78, 5) is 8.38. The van der Waals surface area contributed by atoms with Gasteiger partial charge >= 0.3 is 0 Å². The lowest BCUT2D eigenvalue weighted by molar-refractivity contribution is 0.348. The molecule has 0 aliphatic heterocycles. The summed E-state index contributed by atoms with van der Waals surface area (Å²) in [5.74, 6) is 1.36. The van der Waals surface area contributed by atoms with Gasteiger partial charge in [-0.25, -0.2) is 0 Å². The summed E-state index contributed by atoms with van der Waals surface area (Å²) in [5, 5.41) is 3.31. The van der Waals surface area contributed by atoms with Crippen LogP contribution in [0.5, 0.6) is 11.5 Å². The molecule has 0 radical (unpaired) electrons. The molecule has 2 aromatic heterocycles. The Labute approximate surface area is 112 Å². The number of aromatic nitrogens is 2. The van der Waals surface area contributed by atoms with Crippen LogP contribution >= 0.6 is 0 Å². The van der Waals surface area contributed by atoms with Gasteiger partial charge in [0.25, 0.3) is 0 Å². The van der Waals surface area contributed by atoms with E-state index in [4.69, 9.17) is 9.47 Å². The van der Waals surface area contributed by atoms with Crippen LogP contribution in [0.2, 0.25) is 0 Å². The van der Waals surface area contributed by atoms with Crippen molar-refractivity contribution in [2.45, 2.75) is 13.1 Å². The van der Waals surface area contributed by atoms with Crippen LogP contribution in [0, 0.1) is 0 Å². The molecular formula is C14H17N3O2. The first-order chi connectivity index (χ1) is 9.35. The number of hydrogen-bond acceptors (Lipinski definition) is 5. The van der Waals surface area contributed by atoms with Crippen LogP contribution in [0.1, 0.15) is 11.3 Å². The number of nitrogens with one attached hydrogen (secondary N) is 1. The molecule has 0 saturated carbocycles. The van der Waals surface area contributed by atoms with Gasteiger partial charge in [-0.1, -0.05) is 6.07 Å². The number of nitrogens with zero attached hydrogens (tertiary/aromatic N) is 2. The van der Waals surface area contributed by atoms with Crippen LogP contribution in [0.25, 0.3) is 0 Å². The SMILES string of the molecule is COc1ccnc(CNCc2cccnc2)c1OC. The van der Waals surface area contributed by atoms with Crippen LogP contribution in [-0.2, 0) is 13.1 Å². The molecule has 0 fully saturated rings. The van der Waals surface area contributed by atoms with Crippen molar-refractivity contribution in [3.8, 4) is 11.5 Å². The van der Waals surface area contributed by atoms with Gasteiger partial charge in [0.2, 0.25) is 0 Å². The molecule has 1 N–H and O–H groups in total. The van der Waals surface area contributed by atoms with Gasteiger partial charge in [-0.15, -0.1) is 0 Å². The molecule has 19 heavy (non-hydrogen) atoms. The topological polar surface area (TPSA) is 56.3 Å². The highest BCUT2D eigenvalue weighted by Gasteiger charge is 2.10. The zero-order valence-corrected chi connectivity index (χ0v) is 11.1. The van der Waals surface area contributed by atoms with Crippen molar-refractivity contribution in [2.24, 2.45) is 0 Å². The maximum absolute atomic E-state index is 5.33. The Balaban J connectivity index is 2.00. The van der Waals surface area contributed by atoms with Crippen molar-refractivity contribution in [2.75, 3.05) is 14.2 Å². The fraction of sp³-hybridized carbons (Fsp3) is 0.286. The summed E-state index contributed by atoms with van der Waals surface area (Å²) < 4.78 is 10.6. The smallest absolute Gasteiger partial charge is 0.183 e. The monoisotopic (exact) mass is 259 g/mol. The Bertz CT molecular complexity index is 517. The Kier molecular flexibility index (Phi) is 4.69. The van der Waals surface area contributed by atoms with E-state index in [1.165, 1.54) is 0 Å². The Morgan fingerprint density at radius 3 is 2.68 bits per heavy atom. The van der Waals surface area contributed by atoms with E-state index in [1.54, 1.807) is 32.7 Å². The Morgan fingerprint density at radius 1 is 1.11 bits per heavy atom. The molecular weight excluding hydrogens is 242 g/mol. The first kappa shape index (κ1) is 13.3. The molecule has 0 aromatic carbocycles. The largest absolute Gasteiger partial charge is 0.493 e. The zero-order valence-electron chi connectivity index (χ0n) is 11.1. The third-order valence-electron chi connectivity index (χ3n) is 2.71. The lowest BCUT2D eigenvalue weighted by atomic mass is 10.2. The Hall–Kier alpha value is -2.14. The highest BCUT2D eigenvalue weighted by molar-refractivity contribution is 5.42. The van der Waals surface area contributed by atoms with E-state index < -0.39 is 0 Å². The van der Waals surface area contributed by atoms with Crippen LogP contribution in [-0.4, -0.2) is 24.2 Å². The minimum atomic E-state index is 0.606. The summed E-state index contributed by atoms with van der Waals surface area (Å²) in [7, 11) is 3.23. The van der Waals surface area contributed by atoms with Gasteiger partial charge in [0.1, 0.15) is 0 Å². The highest BCUT2D eigenvalue weighted by Crippen LogP contribution is 2.28. The van der Waals surface area contributed by atoms with Gasteiger partial charge < -0.3 is 14.8 Å². The molecule has 2 rings (SSSR count). The molecule has 0 unspecified atom stereocenters. The normalized spacial score (nSPS) is 10.2. The molecule has 100 valence electrons. The fourth-order valence-electron chi connectivity index (χ4n) is 1.80. The summed E-state index contributed by atoms with van der Waals surface area (Å²) in [6.07, 6.45) is 5.31. The summed E-state index contributed by atoms with van der Waals surface area (Å²) in [5.41, 5.74) is 1.95. The van der Waals surface area contributed by atoms with Gasteiger partial charge in [-0.2, -0.15) is 0 Å². The molecule has 0 atom stereocenters. The van der Waals surface area contributed by atoms with Crippen molar-refractivity contribution >= 4 is 0 Å². The van der Waals surface area contributed by atoms with Gasteiger partial charge in [0, 0.05) is 37.7 Å². The second kappa shape index (κ2) is 6.70. The maximum Gasteiger partial charge on any atom is 0.183 e. The third kappa shape index (κ3) is 3.42. The molecule has 0 amide bonds. The predicted molar refractivity (Wildman–Crippen MR) is 72.1 cm³/mol. The maximum atomic E-state index is 5.33. The molecule has 2 heterocycles. The molecule has 0 spiro atoms. The first-order valence-corrected chi connectivity index (χ1v) is 6.00. The van der Waals surface area contributed by atoms with Crippen LogP contribution in [0.15, 0.2) is 36.8 Å². The molecule has 5 nitrogen and oxygen atoms in total. The summed E-state index contributed by atoms with van der Waals surface area (Å²) in [6, 6.07) is 5.72. The van der Waals surface area contributed by atoms with E-state index in [1.807, 2.05) is 18.3 Å². The van der Waals surface area contributed by atoms with E-state index >= 15 is 0 Å². The van der Waals surface area contributed by atoms with Crippen molar-refractivity contribution in [3.63, 3.8) is 0 Å².